The minimum Gasteiger partial charge on any atom is -0.539 e. The Kier molecular flexibility index (Phi) is 2.93. The molecular weight excluding hydrogens is 162 g/mol. The van der Waals surface area contributed by atoms with E-state index < -0.39 is 13.5 Å². The number of benzene rings is 1. The molecule has 0 unspecified atom stereocenters. The summed E-state index contributed by atoms with van der Waals surface area (Å²) in [5, 5.41) is 8.39. The molecule has 64 valence electrons. The average Bonchev–Trinajstić information content (AvgIpc) is 2.04. The van der Waals surface area contributed by atoms with Gasteiger partial charge in [-0.3, -0.25) is 0 Å². The van der Waals surface area contributed by atoms with E-state index in [0.717, 1.165) is 0 Å². The van der Waals surface area contributed by atoms with E-state index in [2.05, 4.69) is 4.65 Å². The van der Waals surface area contributed by atoms with Gasteiger partial charge in [0, 0.05) is 18.2 Å². The van der Waals surface area contributed by atoms with Gasteiger partial charge in [0.05, 0.1) is 7.11 Å². The van der Waals surface area contributed by atoms with E-state index >= 15 is 0 Å². The molecule has 0 atom stereocenters. The highest BCUT2D eigenvalue weighted by Gasteiger charge is 2.00. The molecule has 1 aromatic rings. The van der Waals surface area contributed by atoms with Crippen LogP contribution in [0.5, 0.6) is 11.5 Å². The Morgan fingerprint density at radius 1 is 1.33 bits per heavy atom. The minimum atomic E-state index is -0.480. The van der Waals surface area contributed by atoms with Crippen LogP contribution in [0, 0.1) is 5.82 Å². The van der Waals surface area contributed by atoms with Gasteiger partial charge in [0.15, 0.2) is 0 Å². The van der Waals surface area contributed by atoms with E-state index in [1.54, 1.807) is 0 Å². The summed E-state index contributed by atoms with van der Waals surface area (Å²) in [4.78, 5) is 0. The molecule has 12 heavy (non-hydrogen) atoms. The van der Waals surface area contributed by atoms with Crippen molar-refractivity contribution in [1.29, 1.82) is 0 Å². The first-order valence-corrected chi connectivity index (χ1v) is 3.34. The van der Waals surface area contributed by atoms with Crippen molar-refractivity contribution < 1.29 is 18.8 Å². The molecule has 0 aliphatic heterocycles. The van der Waals surface area contributed by atoms with Crippen LogP contribution in [0.3, 0.4) is 0 Å². The Morgan fingerprint density at radius 3 is 2.58 bits per heavy atom. The number of ether oxygens (including phenoxy) is 1. The van der Waals surface area contributed by atoms with Crippen LogP contribution >= 0.6 is 0 Å². The highest BCUT2D eigenvalue weighted by Crippen LogP contribution is 2.21. The first kappa shape index (κ1) is 8.87. The van der Waals surface area contributed by atoms with Crippen molar-refractivity contribution in [2.75, 3.05) is 7.11 Å². The number of methoxy groups -OCH3 is 1. The number of halogens is 1. The van der Waals surface area contributed by atoms with Gasteiger partial charge in [-0.2, -0.15) is 0 Å². The lowest BCUT2D eigenvalue weighted by Gasteiger charge is -2.04. The number of rotatable bonds is 3. The van der Waals surface area contributed by atoms with Crippen LogP contribution < -0.4 is 9.39 Å². The van der Waals surface area contributed by atoms with Gasteiger partial charge in [0.2, 0.25) is 0 Å². The van der Waals surface area contributed by atoms with Crippen LogP contribution in [0.25, 0.3) is 0 Å². The fourth-order valence-electron chi connectivity index (χ4n) is 0.813. The van der Waals surface area contributed by atoms with Gasteiger partial charge in [-0.15, -0.1) is 0 Å². The van der Waals surface area contributed by atoms with E-state index in [9.17, 15) is 4.39 Å². The maximum absolute atomic E-state index is 12.7. The molecule has 0 spiro atoms. The lowest BCUT2D eigenvalue weighted by atomic mass is 10.3. The summed E-state index contributed by atoms with van der Waals surface area (Å²) in [5.41, 5.74) is 0. The standard InChI is InChI=1S/C7H8BFO3/c1-11-6-2-5(9)3-7(4-6)12-8-10/h2-4,8,10H,1H3. The summed E-state index contributed by atoms with van der Waals surface area (Å²) in [6.07, 6.45) is 0. The molecule has 0 aromatic heterocycles. The van der Waals surface area contributed by atoms with Gasteiger partial charge in [0.1, 0.15) is 17.3 Å². The van der Waals surface area contributed by atoms with Crippen LogP contribution in [-0.2, 0) is 0 Å². The zero-order valence-electron chi connectivity index (χ0n) is 6.58. The second kappa shape index (κ2) is 3.97. The fourth-order valence-corrected chi connectivity index (χ4v) is 0.813. The second-order valence-corrected chi connectivity index (χ2v) is 2.10. The van der Waals surface area contributed by atoms with Crippen molar-refractivity contribution in [3.05, 3.63) is 24.0 Å². The van der Waals surface area contributed by atoms with Gasteiger partial charge >= 0.3 is 7.69 Å². The summed E-state index contributed by atoms with van der Waals surface area (Å²) in [6, 6.07) is 3.88. The van der Waals surface area contributed by atoms with Gasteiger partial charge in [-0.1, -0.05) is 0 Å². The predicted octanol–water partition coefficient (Wildman–Crippen LogP) is 0.472. The normalized spacial score (nSPS) is 9.25. The highest BCUT2D eigenvalue weighted by atomic mass is 19.1. The van der Waals surface area contributed by atoms with E-state index in [4.69, 9.17) is 9.76 Å². The van der Waals surface area contributed by atoms with Crippen molar-refractivity contribution in [3.63, 3.8) is 0 Å². The molecule has 0 saturated heterocycles. The molecule has 0 aliphatic rings. The molecule has 0 aliphatic carbocycles. The van der Waals surface area contributed by atoms with Crippen molar-refractivity contribution >= 4 is 7.69 Å². The lowest BCUT2D eigenvalue weighted by molar-refractivity contribution is 0.404. The lowest BCUT2D eigenvalue weighted by Crippen LogP contribution is -2.00. The van der Waals surface area contributed by atoms with Gasteiger partial charge in [-0.25, -0.2) is 4.39 Å². The molecule has 0 amide bonds. The Labute approximate surface area is 70.0 Å². The molecule has 0 fully saturated rings. The maximum Gasteiger partial charge on any atom is 0.504 e. The van der Waals surface area contributed by atoms with E-state index in [1.165, 1.54) is 25.3 Å². The second-order valence-electron chi connectivity index (χ2n) is 2.10. The molecule has 5 heteroatoms. The molecule has 1 rings (SSSR count). The third-order valence-electron chi connectivity index (χ3n) is 1.31. The van der Waals surface area contributed by atoms with Crippen LogP contribution in [0.1, 0.15) is 0 Å². The first-order chi connectivity index (χ1) is 5.76. The largest absolute Gasteiger partial charge is 0.539 e. The highest BCUT2D eigenvalue weighted by molar-refractivity contribution is 6.17. The number of hydrogen-bond donors (Lipinski definition) is 1. The van der Waals surface area contributed by atoms with Crippen LogP contribution in [0.2, 0.25) is 0 Å². The quantitative estimate of drug-likeness (QED) is 0.670. The van der Waals surface area contributed by atoms with E-state index in [1.807, 2.05) is 0 Å². The van der Waals surface area contributed by atoms with Crippen molar-refractivity contribution in [1.82, 2.24) is 0 Å². The third kappa shape index (κ3) is 2.13. The number of hydrogen-bond acceptors (Lipinski definition) is 3. The molecule has 1 aromatic carbocycles. The SMILES string of the molecule is COc1cc(F)cc(OBO)c1. The Bertz CT molecular complexity index is 267. The zero-order chi connectivity index (χ0) is 8.97. The van der Waals surface area contributed by atoms with Crippen LogP contribution in [-0.4, -0.2) is 19.8 Å². The maximum atomic E-state index is 12.7. The van der Waals surface area contributed by atoms with Gasteiger partial charge < -0.3 is 14.4 Å². The molecule has 3 nitrogen and oxygen atoms in total. The summed E-state index contributed by atoms with van der Waals surface area (Å²) in [5.74, 6) is 0.144. The van der Waals surface area contributed by atoms with Crippen molar-refractivity contribution in [2.45, 2.75) is 0 Å². The topological polar surface area (TPSA) is 38.7 Å². The van der Waals surface area contributed by atoms with Crippen molar-refractivity contribution in [2.24, 2.45) is 0 Å². The predicted molar refractivity (Wildman–Crippen MR) is 42.9 cm³/mol. The average molecular weight is 170 g/mol. The van der Waals surface area contributed by atoms with Crippen LogP contribution in [0.15, 0.2) is 18.2 Å². The molecule has 1 N–H and O–H groups in total. The molecule has 0 saturated carbocycles. The zero-order valence-corrected chi connectivity index (χ0v) is 6.58. The van der Waals surface area contributed by atoms with Crippen molar-refractivity contribution in [3.8, 4) is 11.5 Å². The monoisotopic (exact) mass is 170 g/mol. The smallest absolute Gasteiger partial charge is 0.504 e. The molecule has 0 bridgehead atoms. The molecular formula is C7H8BFO3. The molecule has 0 radical (unpaired) electrons. The minimum absolute atomic E-state index is 0.245. The third-order valence-corrected chi connectivity index (χ3v) is 1.31. The van der Waals surface area contributed by atoms with Gasteiger partial charge in [-0.05, 0) is 0 Å². The van der Waals surface area contributed by atoms with Crippen LogP contribution in [0.4, 0.5) is 4.39 Å². The Morgan fingerprint density at radius 2 is 2.00 bits per heavy atom. The summed E-state index contributed by atoms with van der Waals surface area (Å²) in [6.45, 7) is 0. The van der Waals surface area contributed by atoms with E-state index in [-0.39, 0.29) is 5.75 Å². The molecule has 0 heterocycles. The van der Waals surface area contributed by atoms with Gasteiger partial charge in [0.25, 0.3) is 0 Å². The fraction of sp³-hybridized carbons (Fsp3) is 0.143. The Balaban J connectivity index is 2.90. The Hall–Kier alpha value is -1.23. The summed E-state index contributed by atoms with van der Waals surface area (Å²) < 4.78 is 22.1. The summed E-state index contributed by atoms with van der Waals surface area (Å²) in [7, 11) is 0.949. The van der Waals surface area contributed by atoms with E-state index in [0.29, 0.717) is 5.75 Å². The first-order valence-electron chi connectivity index (χ1n) is 3.34. The summed E-state index contributed by atoms with van der Waals surface area (Å²) >= 11 is 0.